The number of amides is 2. The van der Waals surface area contributed by atoms with Gasteiger partial charge in [-0.25, -0.2) is 4.79 Å². The minimum absolute atomic E-state index is 0.0383. The van der Waals surface area contributed by atoms with Gasteiger partial charge in [-0.15, -0.1) is 0 Å². The van der Waals surface area contributed by atoms with Crippen molar-refractivity contribution in [1.29, 1.82) is 0 Å². The van der Waals surface area contributed by atoms with Crippen molar-refractivity contribution in [2.45, 2.75) is 39.1 Å². The van der Waals surface area contributed by atoms with Gasteiger partial charge in [-0.05, 0) is 62.7 Å². The Morgan fingerprint density at radius 3 is 2.14 bits per heavy atom. The molecule has 3 aromatic rings. The Hall–Kier alpha value is -4.81. The largest absolute Gasteiger partial charge is 0.484 e. The molecular formula is C31H33F3N4O6. The van der Waals surface area contributed by atoms with Gasteiger partial charge in [-0.2, -0.15) is 13.2 Å². The molecule has 0 atom stereocenters. The van der Waals surface area contributed by atoms with Gasteiger partial charge < -0.3 is 19.3 Å². The predicted molar refractivity (Wildman–Crippen MR) is 158 cm³/mol. The number of halogens is 3. The van der Waals surface area contributed by atoms with Crippen molar-refractivity contribution < 1.29 is 37.2 Å². The topological polar surface area (TPSA) is 105 Å². The number of ether oxygens (including phenoxy) is 2. The standard InChI is InChI=1S/C31H33F3N4O6/c1-30(2,3)44-29(40)36-17-15-35(16-18-36)24-13-14-26(38(41)42)27(19-24)37(28(39)21-43-25-7-5-4-6-8-25)20-22-9-11-23(12-10-22)31(32,33)34/h4-14,19H,15-18,20-21H2,1-3H3. The molecule has 1 saturated heterocycles. The lowest BCUT2D eigenvalue weighted by Gasteiger charge is -2.37. The molecule has 234 valence electrons. The van der Waals surface area contributed by atoms with Crippen LogP contribution in [0.4, 0.5) is 35.0 Å². The lowest BCUT2D eigenvalue weighted by Crippen LogP contribution is -2.50. The molecule has 0 unspecified atom stereocenters. The van der Waals surface area contributed by atoms with Gasteiger partial charge in [-0.3, -0.25) is 19.8 Å². The van der Waals surface area contributed by atoms with E-state index in [2.05, 4.69) is 0 Å². The minimum Gasteiger partial charge on any atom is -0.484 e. The van der Waals surface area contributed by atoms with Crippen LogP contribution in [0.1, 0.15) is 31.9 Å². The Kier molecular flexibility index (Phi) is 9.65. The first-order chi connectivity index (χ1) is 20.7. The fourth-order valence-corrected chi connectivity index (χ4v) is 4.58. The van der Waals surface area contributed by atoms with E-state index in [9.17, 15) is 32.9 Å². The van der Waals surface area contributed by atoms with Gasteiger partial charge in [0.05, 0.1) is 17.0 Å². The van der Waals surface area contributed by atoms with Gasteiger partial charge in [0.2, 0.25) is 0 Å². The van der Waals surface area contributed by atoms with Gasteiger partial charge in [0, 0.05) is 37.9 Å². The number of nitrogens with zero attached hydrogens (tertiary/aromatic N) is 4. The van der Waals surface area contributed by atoms with E-state index in [0.29, 0.717) is 43.2 Å². The van der Waals surface area contributed by atoms with Gasteiger partial charge in [0.1, 0.15) is 17.0 Å². The number of anilines is 2. The van der Waals surface area contributed by atoms with Gasteiger partial charge in [0.25, 0.3) is 11.6 Å². The van der Waals surface area contributed by atoms with Crippen molar-refractivity contribution in [3.8, 4) is 5.75 Å². The summed E-state index contributed by atoms with van der Waals surface area (Å²) in [6, 6.07) is 17.1. The molecule has 0 radical (unpaired) electrons. The zero-order chi connectivity index (χ0) is 32.1. The maximum absolute atomic E-state index is 13.6. The minimum atomic E-state index is -4.54. The Labute approximate surface area is 252 Å². The average molecular weight is 615 g/mol. The number of carbonyl (C=O) groups is 2. The third-order valence-electron chi connectivity index (χ3n) is 6.77. The summed E-state index contributed by atoms with van der Waals surface area (Å²) >= 11 is 0. The van der Waals surface area contributed by atoms with Crippen molar-refractivity contribution in [3.63, 3.8) is 0 Å². The molecule has 13 heteroatoms. The quantitative estimate of drug-likeness (QED) is 0.217. The maximum Gasteiger partial charge on any atom is 0.416 e. The van der Waals surface area contributed by atoms with Crippen molar-refractivity contribution >= 4 is 29.1 Å². The molecule has 0 bridgehead atoms. The summed E-state index contributed by atoms with van der Waals surface area (Å²) in [7, 11) is 0. The normalized spacial score (nSPS) is 13.8. The molecule has 4 rings (SSSR count). The summed E-state index contributed by atoms with van der Waals surface area (Å²) in [6.07, 6.45) is -4.98. The van der Waals surface area contributed by atoms with Crippen LogP contribution in [0.15, 0.2) is 72.8 Å². The van der Waals surface area contributed by atoms with Crippen LogP contribution in [-0.2, 0) is 22.3 Å². The molecule has 2 amide bonds. The Morgan fingerprint density at radius 2 is 1.57 bits per heavy atom. The van der Waals surface area contributed by atoms with E-state index in [1.54, 1.807) is 62.1 Å². The van der Waals surface area contributed by atoms with Crippen LogP contribution in [0.5, 0.6) is 5.75 Å². The van der Waals surface area contributed by atoms with Crippen molar-refractivity contribution in [2.75, 3.05) is 42.6 Å². The molecule has 1 aliphatic rings. The van der Waals surface area contributed by atoms with E-state index in [-0.39, 0.29) is 17.9 Å². The highest BCUT2D eigenvalue weighted by Gasteiger charge is 2.32. The number of hydrogen-bond donors (Lipinski definition) is 0. The number of rotatable bonds is 8. The number of hydrogen-bond acceptors (Lipinski definition) is 7. The van der Waals surface area contributed by atoms with Gasteiger partial charge in [0.15, 0.2) is 6.61 Å². The second kappa shape index (κ2) is 13.2. The molecule has 0 N–H and O–H groups in total. The highest BCUT2D eigenvalue weighted by Crippen LogP contribution is 2.35. The third kappa shape index (κ3) is 8.39. The number of alkyl halides is 3. The van der Waals surface area contributed by atoms with Crippen LogP contribution >= 0.6 is 0 Å². The molecule has 44 heavy (non-hydrogen) atoms. The first kappa shape index (κ1) is 32.1. The number of para-hydroxylation sites is 1. The van der Waals surface area contributed by atoms with Crippen LogP contribution in [-0.4, -0.2) is 60.2 Å². The predicted octanol–water partition coefficient (Wildman–Crippen LogP) is 6.28. The molecule has 10 nitrogen and oxygen atoms in total. The summed E-state index contributed by atoms with van der Waals surface area (Å²) < 4.78 is 50.5. The van der Waals surface area contributed by atoms with Crippen molar-refractivity contribution in [1.82, 2.24) is 4.90 Å². The molecule has 1 heterocycles. The number of carbonyl (C=O) groups excluding carboxylic acids is 2. The second-order valence-electron chi connectivity index (χ2n) is 11.2. The van der Waals surface area contributed by atoms with E-state index in [0.717, 1.165) is 17.0 Å². The molecule has 1 fully saturated rings. The van der Waals surface area contributed by atoms with Crippen LogP contribution < -0.4 is 14.5 Å². The van der Waals surface area contributed by atoms with Gasteiger partial charge in [-0.1, -0.05) is 30.3 Å². The number of nitro groups is 1. The summed E-state index contributed by atoms with van der Waals surface area (Å²) in [4.78, 5) is 42.2. The Balaban J connectivity index is 1.63. The monoisotopic (exact) mass is 614 g/mol. The van der Waals surface area contributed by atoms with E-state index < -0.39 is 40.9 Å². The molecule has 0 aromatic heterocycles. The van der Waals surface area contributed by atoms with Crippen LogP contribution in [0.2, 0.25) is 0 Å². The number of nitro benzene ring substituents is 1. The fraction of sp³-hybridized carbons (Fsp3) is 0.355. The highest BCUT2D eigenvalue weighted by atomic mass is 19.4. The molecule has 0 spiro atoms. The summed E-state index contributed by atoms with van der Waals surface area (Å²) in [5.41, 5.74) is -0.996. The molecular weight excluding hydrogens is 581 g/mol. The zero-order valence-corrected chi connectivity index (χ0v) is 24.5. The van der Waals surface area contributed by atoms with E-state index in [1.807, 2.05) is 4.90 Å². The lowest BCUT2D eigenvalue weighted by atomic mass is 10.1. The van der Waals surface area contributed by atoms with E-state index in [4.69, 9.17) is 9.47 Å². The first-order valence-electron chi connectivity index (χ1n) is 13.9. The van der Waals surface area contributed by atoms with Crippen LogP contribution in [0, 0.1) is 10.1 Å². The zero-order valence-electron chi connectivity index (χ0n) is 24.5. The van der Waals surface area contributed by atoms with Crippen LogP contribution in [0.3, 0.4) is 0 Å². The average Bonchev–Trinajstić information content (AvgIpc) is 2.98. The maximum atomic E-state index is 13.6. The lowest BCUT2D eigenvalue weighted by molar-refractivity contribution is -0.384. The molecule has 1 aliphatic heterocycles. The summed E-state index contributed by atoms with van der Waals surface area (Å²) in [6.45, 7) is 6.13. The van der Waals surface area contributed by atoms with E-state index >= 15 is 0 Å². The SMILES string of the molecule is CC(C)(C)OC(=O)N1CCN(c2ccc([N+](=O)[O-])c(N(Cc3ccc(C(F)(F)F)cc3)C(=O)COc3ccccc3)c2)CC1. The summed E-state index contributed by atoms with van der Waals surface area (Å²) in [5, 5.41) is 12.1. The molecule has 0 aliphatic carbocycles. The fourth-order valence-electron chi connectivity index (χ4n) is 4.58. The van der Waals surface area contributed by atoms with Gasteiger partial charge >= 0.3 is 12.3 Å². The highest BCUT2D eigenvalue weighted by molar-refractivity contribution is 5.97. The molecule has 3 aromatic carbocycles. The smallest absolute Gasteiger partial charge is 0.416 e. The second-order valence-corrected chi connectivity index (χ2v) is 11.2. The molecule has 0 saturated carbocycles. The number of piperazine rings is 1. The first-order valence-corrected chi connectivity index (χ1v) is 13.9. The van der Waals surface area contributed by atoms with Crippen LogP contribution in [0.25, 0.3) is 0 Å². The van der Waals surface area contributed by atoms with E-state index in [1.165, 1.54) is 24.3 Å². The Morgan fingerprint density at radius 1 is 0.932 bits per heavy atom. The third-order valence-corrected chi connectivity index (χ3v) is 6.77. The Bertz CT molecular complexity index is 1470. The summed E-state index contributed by atoms with van der Waals surface area (Å²) in [5.74, 6) is -0.231. The van der Waals surface area contributed by atoms with Crippen molar-refractivity contribution in [2.24, 2.45) is 0 Å². The van der Waals surface area contributed by atoms with Crippen molar-refractivity contribution in [3.05, 3.63) is 94.0 Å². The number of benzene rings is 3.